The number of hydrogen-bond acceptors (Lipinski definition) is 6. The number of nitrogens with zero attached hydrogens (tertiary/aromatic N) is 6. The van der Waals surface area contributed by atoms with Crippen molar-refractivity contribution >= 4 is 17.0 Å². The Hall–Kier alpha value is -2.81. The molecule has 0 radical (unpaired) electrons. The second-order valence-corrected chi connectivity index (χ2v) is 8.11. The molecule has 4 aromatic rings. The number of aromatic nitrogens is 4. The summed E-state index contributed by atoms with van der Waals surface area (Å²) in [5.41, 5.74) is 2.90. The molecule has 0 atom stereocenters. The van der Waals surface area contributed by atoms with Gasteiger partial charge in [0.25, 0.3) is 0 Å². The van der Waals surface area contributed by atoms with Crippen LogP contribution in [0.2, 0.25) is 0 Å². The topological polar surface area (TPSA) is 58.7 Å². The van der Waals surface area contributed by atoms with Crippen LogP contribution in [-0.2, 0) is 13.2 Å². The van der Waals surface area contributed by atoms with Crippen molar-refractivity contribution in [2.75, 3.05) is 26.2 Å². The lowest BCUT2D eigenvalue weighted by atomic mass is 10.2. The van der Waals surface area contributed by atoms with Crippen LogP contribution >= 0.6 is 11.3 Å². The minimum absolute atomic E-state index is 0.0843. The third-order valence-electron chi connectivity index (χ3n) is 5.25. The fourth-order valence-electron chi connectivity index (χ4n) is 3.66. The van der Waals surface area contributed by atoms with Crippen molar-refractivity contribution in [3.05, 3.63) is 76.3 Å². The standard InChI is InChI=1S/C21H22N6OS/c28-21-26-9-5-4-8-19(26)23-27(21)16-25-12-10-24(11-13-25)14-18-15-29-20(22-18)17-6-2-1-3-7-17/h1-9,15H,10-14,16H2. The van der Waals surface area contributed by atoms with Crippen molar-refractivity contribution < 1.29 is 0 Å². The van der Waals surface area contributed by atoms with E-state index in [-0.39, 0.29) is 5.69 Å². The van der Waals surface area contributed by atoms with Crippen LogP contribution in [0.15, 0.2) is 64.9 Å². The van der Waals surface area contributed by atoms with E-state index in [2.05, 4.69) is 32.4 Å². The van der Waals surface area contributed by atoms with E-state index >= 15 is 0 Å². The van der Waals surface area contributed by atoms with Gasteiger partial charge in [0.15, 0.2) is 5.65 Å². The Morgan fingerprint density at radius 3 is 2.48 bits per heavy atom. The summed E-state index contributed by atoms with van der Waals surface area (Å²) >= 11 is 1.70. The molecule has 148 valence electrons. The zero-order chi connectivity index (χ0) is 19.6. The van der Waals surface area contributed by atoms with Crippen LogP contribution in [-0.4, -0.2) is 55.1 Å². The van der Waals surface area contributed by atoms with Gasteiger partial charge in [-0.2, -0.15) is 4.68 Å². The normalized spacial score (nSPS) is 15.9. The molecule has 0 unspecified atom stereocenters. The van der Waals surface area contributed by atoms with Gasteiger partial charge in [-0.3, -0.25) is 14.2 Å². The molecule has 0 bridgehead atoms. The van der Waals surface area contributed by atoms with Gasteiger partial charge in [-0.15, -0.1) is 16.4 Å². The van der Waals surface area contributed by atoms with Crippen LogP contribution in [0.3, 0.4) is 0 Å². The zero-order valence-corrected chi connectivity index (χ0v) is 16.8. The highest BCUT2D eigenvalue weighted by Gasteiger charge is 2.19. The summed E-state index contributed by atoms with van der Waals surface area (Å²) in [6.07, 6.45) is 1.76. The van der Waals surface area contributed by atoms with E-state index in [1.807, 2.05) is 36.4 Å². The predicted octanol–water partition coefficient (Wildman–Crippen LogP) is 2.39. The van der Waals surface area contributed by atoms with Gasteiger partial charge in [-0.25, -0.2) is 9.78 Å². The van der Waals surface area contributed by atoms with Gasteiger partial charge in [0.05, 0.1) is 12.4 Å². The van der Waals surface area contributed by atoms with E-state index in [1.165, 1.54) is 5.56 Å². The Kier molecular flexibility index (Phi) is 4.97. The largest absolute Gasteiger partial charge is 0.351 e. The number of thiazole rings is 1. The second-order valence-electron chi connectivity index (χ2n) is 7.26. The molecule has 3 aromatic heterocycles. The molecular weight excluding hydrogens is 384 g/mol. The van der Waals surface area contributed by atoms with Crippen molar-refractivity contribution in [3.8, 4) is 10.6 Å². The van der Waals surface area contributed by atoms with Crippen molar-refractivity contribution in [2.45, 2.75) is 13.2 Å². The molecule has 0 amide bonds. The lowest BCUT2D eigenvalue weighted by Crippen LogP contribution is -2.47. The molecule has 1 aromatic carbocycles. The summed E-state index contributed by atoms with van der Waals surface area (Å²) in [5.74, 6) is 0. The van der Waals surface area contributed by atoms with Gasteiger partial charge >= 0.3 is 5.69 Å². The quantitative estimate of drug-likeness (QED) is 0.509. The van der Waals surface area contributed by atoms with Gasteiger partial charge in [-0.05, 0) is 12.1 Å². The molecule has 0 spiro atoms. The van der Waals surface area contributed by atoms with Crippen LogP contribution in [0.5, 0.6) is 0 Å². The number of benzene rings is 1. The van der Waals surface area contributed by atoms with Crippen LogP contribution in [0, 0.1) is 0 Å². The smallest absolute Gasteiger partial charge is 0.295 e. The van der Waals surface area contributed by atoms with Crippen molar-refractivity contribution in [1.82, 2.24) is 29.0 Å². The Morgan fingerprint density at radius 2 is 1.69 bits per heavy atom. The second kappa shape index (κ2) is 7.90. The Balaban J connectivity index is 1.18. The minimum Gasteiger partial charge on any atom is -0.295 e. The van der Waals surface area contributed by atoms with Crippen molar-refractivity contribution in [3.63, 3.8) is 0 Å². The maximum Gasteiger partial charge on any atom is 0.351 e. The summed E-state index contributed by atoms with van der Waals surface area (Å²) in [4.78, 5) is 22.0. The van der Waals surface area contributed by atoms with Crippen LogP contribution in [0.1, 0.15) is 5.69 Å². The molecule has 1 aliphatic heterocycles. The first-order valence-electron chi connectivity index (χ1n) is 9.75. The fourth-order valence-corrected chi connectivity index (χ4v) is 4.48. The molecule has 29 heavy (non-hydrogen) atoms. The summed E-state index contributed by atoms with van der Waals surface area (Å²) in [6, 6.07) is 15.9. The maximum absolute atomic E-state index is 12.4. The monoisotopic (exact) mass is 406 g/mol. The highest BCUT2D eigenvalue weighted by molar-refractivity contribution is 7.13. The van der Waals surface area contributed by atoms with Crippen LogP contribution in [0.25, 0.3) is 16.2 Å². The Labute approximate surface area is 172 Å². The molecule has 0 N–H and O–H groups in total. The van der Waals surface area contributed by atoms with Gasteiger partial charge in [-0.1, -0.05) is 36.4 Å². The number of rotatable bonds is 5. The van der Waals surface area contributed by atoms with E-state index in [0.717, 1.165) is 43.4 Å². The average molecular weight is 407 g/mol. The molecule has 4 heterocycles. The third kappa shape index (κ3) is 3.87. The van der Waals surface area contributed by atoms with E-state index in [4.69, 9.17) is 4.98 Å². The first-order chi connectivity index (χ1) is 14.3. The highest BCUT2D eigenvalue weighted by atomic mass is 32.1. The minimum atomic E-state index is -0.0843. The zero-order valence-electron chi connectivity index (χ0n) is 16.0. The Bertz CT molecular complexity index is 1160. The molecular formula is C21H22N6OS. The van der Waals surface area contributed by atoms with Gasteiger partial charge in [0.1, 0.15) is 5.01 Å². The molecule has 1 aliphatic rings. The Morgan fingerprint density at radius 1 is 0.931 bits per heavy atom. The maximum atomic E-state index is 12.4. The number of pyridine rings is 1. The number of piperazine rings is 1. The molecule has 1 saturated heterocycles. The lowest BCUT2D eigenvalue weighted by molar-refractivity contribution is 0.0969. The molecule has 5 rings (SSSR count). The first-order valence-corrected chi connectivity index (χ1v) is 10.6. The number of hydrogen-bond donors (Lipinski definition) is 0. The first kappa shape index (κ1) is 18.2. The van der Waals surface area contributed by atoms with Gasteiger partial charge in [0.2, 0.25) is 0 Å². The predicted molar refractivity (Wildman–Crippen MR) is 114 cm³/mol. The molecule has 1 fully saturated rings. The SMILES string of the molecule is O=c1n(CN2CCN(Cc3csc(-c4ccccc4)n3)CC2)nc2ccccn12. The summed E-state index contributed by atoms with van der Waals surface area (Å²) in [6.45, 7) is 5.14. The van der Waals surface area contributed by atoms with E-state index in [9.17, 15) is 4.79 Å². The van der Waals surface area contributed by atoms with Gasteiger partial charge < -0.3 is 0 Å². The summed E-state index contributed by atoms with van der Waals surface area (Å²) < 4.78 is 3.14. The van der Waals surface area contributed by atoms with Crippen LogP contribution in [0.4, 0.5) is 0 Å². The summed E-state index contributed by atoms with van der Waals surface area (Å²) in [5, 5.41) is 7.66. The fraction of sp³-hybridized carbons (Fsp3) is 0.286. The third-order valence-corrected chi connectivity index (χ3v) is 6.19. The molecule has 0 aliphatic carbocycles. The summed E-state index contributed by atoms with van der Waals surface area (Å²) in [7, 11) is 0. The van der Waals surface area contributed by atoms with Crippen LogP contribution < -0.4 is 5.69 Å². The van der Waals surface area contributed by atoms with E-state index in [1.54, 1.807) is 26.6 Å². The molecule has 8 heteroatoms. The van der Waals surface area contributed by atoms with Crippen molar-refractivity contribution in [1.29, 1.82) is 0 Å². The highest BCUT2D eigenvalue weighted by Crippen LogP contribution is 2.24. The number of fused-ring (bicyclic) bond motifs is 1. The van der Waals surface area contributed by atoms with E-state index < -0.39 is 0 Å². The van der Waals surface area contributed by atoms with Crippen molar-refractivity contribution in [2.24, 2.45) is 0 Å². The van der Waals surface area contributed by atoms with E-state index in [0.29, 0.717) is 12.3 Å². The lowest BCUT2D eigenvalue weighted by Gasteiger charge is -2.33. The molecule has 7 nitrogen and oxygen atoms in total. The average Bonchev–Trinajstić information content (AvgIpc) is 3.35. The molecule has 0 saturated carbocycles. The van der Waals surface area contributed by atoms with Gasteiger partial charge in [0, 0.05) is 49.9 Å².